The summed E-state index contributed by atoms with van der Waals surface area (Å²) in [5.74, 6) is 0. The molecule has 0 atom stereocenters. The van der Waals surface area contributed by atoms with Crippen molar-refractivity contribution in [3.05, 3.63) is 102 Å². The third-order valence-corrected chi connectivity index (χ3v) is 4.79. The van der Waals surface area contributed by atoms with Gasteiger partial charge in [0.2, 0.25) is 0 Å². The average Bonchev–Trinajstić information content (AvgIpc) is 2.76. The number of thiocarbonyl (C=S) groups is 1. The van der Waals surface area contributed by atoms with Gasteiger partial charge in [-0.25, -0.2) is 0 Å². The highest BCUT2D eigenvalue weighted by molar-refractivity contribution is 7.80. The first-order valence-corrected chi connectivity index (χ1v) is 9.60. The fraction of sp³-hybridized carbons (Fsp3) is 0.174. The number of nitrogens with one attached hydrogen (secondary N) is 1. The predicted octanol–water partition coefficient (Wildman–Crippen LogP) is 4.46. The van der Waals surface area contributed by atoms with Gasteiger partial charge in [-0.1, -0.05) is 66.7 Å². The number of nitriles is 1. The molecule has 28 heavy (non-hydrogen) atoms. The Labute approximate surface area is 171 Å². The lowest BCUT2D eigenvalue weighted by Crippen LogP contribution is -2.41. The van der Waals surface area contributed by atoms with Gasteiger partial charge in [-0.15, -0.1) is 0 Å². The third kappa shape index (κ3) is 5.38. The van der Waals surface area contributed by atoms with E-state index in [2.05, 4.69) is 40.6 Å². The molecule has 0 aliphatic heterocycles. The lowest BCUT2D eigenvalue weighted by atomic mass is 9.99. The monoisotopic (exact) mass is 386 g/mol. The Bertz CT molecular complexity index is 868. The van der Waals surface area contributed by atoms with E-state index in [0.717, 1.165) is 16.7 Å². The van der Waals surface area contributed by atoms with Gasteiger partial charge in [0.1, 0.15) is 0 Å². The van der Waals surface area contributed by atoms with Gasteiger partial charge in [0, 0.05) is 25.5 Å². The van der Waals surface area contributed by atoms with Crippen LogP contribution in [0.2, 0.25) is 0 Å². The van der Waals surface area contributed by atoms with Crippen molar-refractivity contribution < 1.29 is 0 Å². The Morgan fingerprint density at radius 2 is 1.64 bits per heavy atom. The first-order valence-electron chi connectivity index (χ1n) is 9.19. The van der Waals surface area contributed by atoms with Crippen LogP contribution in [0.5, 0.6) is 0 Å². The number of aromatic nitrogens is 1. The van der Waals surface area contributed by atoms with Crippen LogP contribution in [0.25, 0.3) is 0 Å². The molecule has 0 saturated carbocycles. The zero-order chi connectivity index (χ0) is 19.6. The summed E-state index contributed by atoms with van der Waals surface area (Å²) in [5, 5.41) is 13.2. The van der Waals surface area contributed by atoms with Crippen molar-refractivity contribution in [1.82, 2.24) is 15.2 Å². The van der Waals surface area contributed by atoms with Gasteiger partial charge in [0.15, 0.2) is 5.11 Å². The van der Waals surface area contributed by atoms with Crippen molar-refractivity contribution in [1.29, 1.82) is 5.26 Å². The summed E-state index contributed by atoms with van der Waals surface area (Å²) in [7, 11) is 0. The van der Waals surface area contributed by atoms with Crippen LogP contribution < -0.4 is 5.32 Å². The van der Waals surface area contributed by atoms with Gasteiger partial charge in [0.05, 0.1) is 18.5 Å². The molecule has 3 rings (SSSR count). The molecular weight excluding hydrogens is 364 g/mol. The molecular formula is C23H22N4S. The number of pyridine rings is 1. The molecule has 4 nitrogen and oxygen atoms in total. The molecule has 0 aliphatic rings. The van der Waals surface area contributed by atoms with E-state index in [0.29, 0.717) is 24.6 Å². The number of nitrogens with zero attached hydrogens (tertiary/aromatic N) is 3. The van der Waals surface area contributed by atoms with E-state index in [9.17, 15) is 0 Å². The third-order valence-electron chi connectivity index (χ3n) is 4.41. The fourth-order valence-corrected chi connectivity index (χ4v) is 3.29. The molecule has 1 N–H and O–H groups in total. The van der Waals surface area contributed by atoms with Gasteiger partial charge in [-0.2, -0.15) is 5.26 Å². The van der Waals surface area contributed by atoms with E-state index >= 15 is 0 Å². The molecule has 3 aromatic rings. The summed E-state index contributed by atoms with van der Waals surface area (Å²) in [6, 6.07) is 26.6. The zero-order valence-corrected chi connectivity index (χ0v) is 16.3. The van der Waals surface area contributed by atoms with Crippen LogP contribution in [0.1, 0.15) is 29.2 Å². The number of hydrogen-bond donors (Lipinski definition) is 1. The van der Waals surface area contributed by atoms with Crippen molar-refractivity contribution in [3.63, 3.8) is 0 Å². The minimum Gasteiger partial charge on any atom is -0.352 e. The van der Waals surface area contributed by atoms with Crippen molar-refractivity contribution in [2.24, 2.45) is 0 Å². The maximum atomic E-state index is 9.05. The van der Waals surface area contributed by atoms with E-state index in [1.165, 1.54) is 0 Å². The Hall–Kier alpha value is -3.23. The first-order chi connectivity index (χ1) is 13.8. The summed E-state index contributed by atoms with van der Waals surface area (Å²) in [6.07, 6.45) is 3.98. The highest BCUT2D eigenvalue weighted by Gasteiger charge is 2.18. The highest BCUT2D eigenvalue weighted by atomic mass is 32.1. The van der Waals surface area contributed by atoms with Gasteiger partial charge in [-0.05, 0) is 35.0 Å². The maximum Gasteiger partial charge on any atom is 0.170 e. The van der Waals surface area contributed by atoms with E-state index in [1.807, 2.05) is 59.6 Å². The molecule has 140 valence electrons. The molecule has 0 saturated heterocycles. The van der Waals surface area contributed by atoms with Crippen molar-refractivity contribution in [2.45, 2.75) is 19.0 Å². The molecule has 1 aromatic heterocycles. The molecule has 0 amide bonds. The Kier molecular flexibility index (Phi) is 7.11. The average molecular weight is 387 g/mol. The van der Waals surface area contributed by atoms with Crippen LogP contribution in [-0.2, 0) is 6.54 Å². The molecule has 0 unspecified atom stereocenters. The maximum absolute atomic E-state index is 9.05. The molecule has 1 heterocycles. The second kappa shape index (κ2) is 10.2. The summed E-state index contributed by atoms with van der Waals surface area (Å²) < 4.78 is 0. The lowest BCUT2D eigenvalue weighted by molar-refractivity contribution is 0.409. The van der Waals surface area contributed by atoms with Gasteiger partial charge in [-0.3, -0.25) is 4.98 Å². The minimum atomic E-state index is -0.0617. The summed E-state index contributed by atoms with van der Waals surface area (Å²) >= 11 is 5.75. The SMILES string of the molecule is N#CCCN(Cc1cccnc1)C(=S)NC(c1ccccc1)c1ccccc1. The normalized spacial score (nSPS) is 10.3. The topological polar surface area (TPSA) is 52.0 Å². The van der Waals surface area contributed by atoms with Crippen LogP contribution in [0, 0.1) is 11.3 Å². The van der Waals surface area contributed by atoms with Crippen molar-refractivity contribution in [2.75, 3.05) is 6.54 Å². The van der Waals surface area contributed by atoms with E-state index in [4.69, 9.17) is 17.5 Å². The molecule has 5 heteroatoms. The van der Waals surface area contributed by atoms with E-state index in [-0.39, 0.29) is 6.04 Å². The second-order valence-electron chi connectivity index (χ2n) is 6.39. The van der Waals surface area contributed by atoms with E-state index < -0.39 is 0 Å². The van der Waals surface area contributed by atoms with Crippen LogP contribution >= 0.6 is 12.2 Å². The highest BCUT2D eigenvalue weighted by Crippen LogP contribution is 2.22. The molecule has 0 spiro atoms. The standard InChI is InChI=1S/C23H22N4S/c24-14-8-16-27(18-19-9-7-15-25-17-19)23(28)26-22(20-10-3-1-4-11-20)21-12-5-2-6-13-21/h1-7,9-13,15,17,22H,8,16,18H2,(H,26,28). The largest absolute Gasteiger partial charge is 0.352 e. The lowest BCUT2D eigenvalue weighted by Gasteiger charge is -2.29. The molecule has 0 fully saturated rings. The van der Waals surface area contributed by atoms with Gasteiger partial charge in [0.25, 0.3) is 0 Å². The first kappa shape index (κ1) is 19.5. The minimum absolute atomic E-state index is 0.0617. The quantitative estimate of drug-likeness (QED) is 0.608. The number of benzene rings is 2. The fourth-order valence-electron chi connectivity index (χ4n) is 3.01. The van der Waals surface area contributed by atoms with Crippen LogP contribution in [0.3, 0.4) is 0 Å². The van der Waals surface area contributed by atoms with E-state index in [1.54, 1.807) is 6.20 Å². The Balaban J connectivity index is 1.83. The summed E-state index contributed by atoms with van der Waals surface area (Å²) in [4.78, 5) is 6.20. The number of hydrogen-bond acceptors (Lipinski definition) is 3. The smallest absolute Gasteiger partial charge is 0.170 e. The summed E-state index contributed by atoms with van der Waals surface area (Å²) in [6.45, 7) is 1.17. The number of rotatable bonds is 7. The Morgan fingerprint density at radius 3 is 2.18 bits per heavy atom. The van der Waals surface area contributed by atoms with Crippen molar-refractivity contribution >= 4 is 17.3 Å². The predicted molar refractivity (Wildman–Crippen MR) is 115 cm³/mol. The molecule has 0 bridgehead atoms. The second-order valence-corrected chi connectivity index (χ2v) is 6.78. The molecule has 0 radical (unpaired) electrons. The Morgan fingerprint density at radius 1 is 1.00 bits per heavy atom. The van der Waals surface area contributed by atoms with Crippen molar-refractivity contribution in [3.8, 4) is 6.07 Å². The van der Waals surface area contributed by atoms with Crippen LogP contribution in [0.15, 0.2) is 85.2 Å². The molecule has 2 aromatic carbocycles. The molecule has 0 aliphatic carbocycles. The van der Waals surface area contributed by atoms with Crippen LogP contribution in [0.4, 0.5) is 0 Å². The van der Waals surface area contributed by atoms with Crippen LogP contribution in [-0.4, -0.2) is 21.5 Å². The van der Waals surface area contributed by atoms with Gasteiger partial charge >= 0.3 is 0 Å². The summed E-state index contributed by atoms with van der Waals surface area (Å²) in [5.41, 5.74) is 3.33. The van der Waals surface area contributed by atoms with Gasteiger partial charge < -0.3 is 10.2 Å². The zero-order valence-electron chi connectivity index (χ0n) is 15.5.